The lowest BCUT2D eigenvalue weighted by Crippen LogP contribution is -2.11. The predicted molar refractivity (Wildman–Crippen MR) is 93.3 cm³/mol. The molecule has 0 aliphatic heterocycles. The Morgan fingerprint density at radius 3 is 2.29 bits per heavy atom. The van der Waals surface area contributed by atoms with E-state index < -0.39 is 10.7 Å². The molecule has 0 fully saturated rings. The normalized spacial score (nSPS) is 11.6. The molecule has 0 spiro atoms. The number of rotatable bonds is 4. The van der Waals surface area contributed by atoms with E-state index in [-0.39, 0.29) is 16.9 Å². The number of nitrogens with zero attached hydrogens (tertiary/aromatic N) is 1. The molecule has 0 heterocycles. The van der Waals surface area contributed by atoms with Gasteiger partial charge >= 0.3 is 5.69 Å². The van der Waals surface area contributed by atoms with Crippen LogP contribution < -0.4 is 0 Å². The third kappa shape index (κ3) is 4.07. The summed E-state index contributed by atoms with van der Waals surface area (Å²) in [4.78, 5) is 22.3. The molecule has 2 aromatic carbocycles. The Labute approximate surface area is 140 Å². The molecule has 0 saturated heterocycles. The first-order valence-electron chi connectivity index (χ1n) is 7.49. The van der Waals surface area contributed by atoms with Gasteiger partial charge in [0.05, 0.1) is 4.92 Å². The summed E-state index contributed by atoms with van der Waals surface area (Å²) in [5.41, 5.74) is 1.78. The number of allylic oxidation sites excluding steroid dienone is 1. The number of benzene rings is 2. The lowest BCUT2D eigenvalue weighted by Gasteiger charge is -2.18. The van der Waals surface area contributed by atoms with Gasteiger partial charge in [0.1, 0.15) is 0 Å². The Morgan fingerprint density at radius 1 is 1.12 bits per heavy atom. The van der Waals surface area contributed by atoms with Crippen molar-refractivity contribution in [3.63, 3.8) is 0 Å². The number of phenols is 1. The van der Waals surface area contributed by atoms with Crippen LogP contribution in [0.2, 0.25) is 0 Å². The first-order valence-corrected chi connectivity index (χ1v) is 7.49. The zero-order valence-corrected chi connectivity index (χ0v) is 13.8. The van der Waals surface area contributed by atoms with Gasteiger partial charge in [0.25, 0.3) is 0 Å². The zero-order valence-electron chi connectivity index (χ0n) is 13.8. The average molecular weight is 325 g/mol. The standard InChI is InChI=1S/C19H19NO4/c1-19(2,3)15-8-6-14(7-9-15)17(21)10-4-13-5-11-18(22)16(12-13)20(23)24/h4-12,22H,1-3H3/b10-4+. The Kier molecular flexibility index (Phi) is 4.83. The van der Waals surface area contributed by atoms with Crippen LogP contribution in [0.15, 0.2) is 48.5 Å². The minimum atomic E-state index is -0.667. The van der Waals surface area contributed by atoms with E-state index in [1.54, 1.807) is 12.1 Å². The van der Waals surface area contributed by atoms with Gasteiger partial charge < -0.3 is 5.11 Å². The molecule has 1 N–H and O–H groups in total. The van der Waals surface area contributed by atoms with Crippen LogP contribution in [0.5, 0.6) is 5.75 Å². The highest BCUT2D eigenvalue weighted by Gasteiger charge is 2.14. The summed E-state index contributed by atoms with van der Waals surface area (Å²) in [6.07, 6.45) is 2.86. The lowest BCUT2D eigenvalue weighted by molar-refractivity contribution is -0.385. The molecule has 24 heavy (non-hydrogen) atoms. The lowest BCUT2D eigenvalue weighted by atomic mass is 9.86. The van der Waals surface area contributed by atoms with Crippen LogP contribution in [0.3, 0.4) is 0 Å². The molecule has 0 unspecified atom stereocenters. The molecule has 5 heteroatoms. The number of hydrogen-bond acceptors (Lipinski definition) is 4. The van der Waals surface area contributed by atoms with E-state index >= 15 is 0 Å². The summed E-state index contributed by atoms with van der Waals surface area (Å²) in [6, 6.07) is 11.4. The van der Waals surface area contributed by atoms with Crippen molar-refractivity contribution in [1.29, 1.82) is 0 Å². The van der Waals surface area contributed by atoms with E-state index in [0.717, 1.165) is 5.56 Å². The number of phenolic OH excluding ortho intramolecular Hbond substituents is 1. The van der Waals surface area contributed by atoms with Crippen molar-refractivity contribution in [2.45, 2.75) is 26.2 Å². The van der Waals surface area contributed by atoms with Gasteiger partial charge in [-0.25, -0.2) is 0 Å². The maximum absolute atomic E-state index is 12.2. The van der Waals surface area contributed by atoms with E-state index in [0.29, 0.717) is 11.1 Å². The number of hydrogen-bond donors (Lipinski definition) is 1. The largest absolute Gasteiger partial charge is 0.502 e. The second kappa shape index (κ2) is 6.66. The maximum atomic E-state index is 12.2. The summed E-state index contributed by atoms with van der Waals surface area (Å²) >= 11 is 0. The molecule has 0 aliphatic carbocycles. The van der Waals surface area contributed by atoms with Gasteiger partial charge in [-0.05, 0) is 28.7 Å². The fraction of sp³-hybridized carbons (Fsp3) is 0.211. The first-order chi connectivity index (χ1) is 11.2. The van der Waals surface area contributed by atoms with Crippen LogP contribution in [-0.2, 0) is 5.41 Å². The van der Waals surface area contributed by atoms with Crippen LogP contribution in [0.25, 0.3) is 6.08 Å². The van der Waals surface area contributed by atoms with E-state index in [9.17, 15) is 20.0 Å². The summed E-state index contributed by atoms with van der Waals surface area (Å²) in [5.74, 6) is -0.590. The van der Waals surface area contributed by atoms with Crippen molar-refractivity contribution < 1.29 is 14.8 Å². The van der Waals surface area contributed by atoms with Crippen molar-refractivity contribution in [3.05, 3.63) is 75.3 Å². The van der Waals surface area contributed by atoms with Crippen molar-refractivity contribution in [1.82, 2.24) is 0 Å². The van der Waals surface area contributed by atoms with E-state index in [1.807, 2.05) is 12.1 Å². The zero-order chi connectivity index (χ0) is 17.9. The van der Waals surface area contributed by atoms with E-state index in [1.165, 1.54) is 30.4 Å². The molecule has 2 aromatic rings. The fourth-order valence-corrected chi connectivity index (χ4v) is 2.19. The Morgan fingerprint density at radius 2 is 1.75 bits per heavy atom. The van der Waals surface area contributed by atoms with Gasteiger partial charge in [-0.15, -0.1) is 0 Å². The molecule has 0 atom stereocenters. The molecular weight excluding hydrogens is 306 g/mol. The van der Waals surface area contributed by atoms with Crippen molar-refractivity contribution in [2.24, 2.45) is 0 Å². The van der Waals surface area contributed by atoms with Crippen molar-refractivity contribution in [2.75, 3.05) is 0 Å². The fourth-order valence-electron chi connectivity index (χ4n) is 2.19. The third-order valence-electron chi connectivity index (χ3n) is 3.66. The van der Waals surface area contributed by atoms with Gasteiger partial charge in [0.15, 0.2) is 11.5 Å². The first kappa shape index (κ1) is 17.4. The predicted octanol–water partition coefficient (Wildman–Crippen LogP) is 4.49. The van der Waals surface area contributed by atoms with Crippen molar-refractivity contribution >= 4 is 17.5 Å². The summed E-state index contributed by atoms with van der Waals surface area (Å²) in [7, 11) is 0. The molecule has 0 amide bonds. The molecule has 0 aliphatic rings. The molecule has 0 aromatic heterocycles. The Balaban J connectivity index is 2.19. The highest BCUT2D eigenvalue weighted by molar-refractivity contribution is 6.06. The maximum Gasteiger partial charge on any atom is 0.311 e. The molecular formula is C19H19NO4. The van der Waals surface area contributed by atoms with Gasteiger partial charge in [0.2, 0.25) is 0 Å². The van der Waals surface area contributed by atoms with Crippen molar-refractivity contribution in [3.8, 4) is 5.75 Å². The van der Waals surface area contributed by atoms with Gasteiger partial charge in [0, 0.05) is 11.6 Å². The summed E-state index contributed by atoms with van der Waals surface area (Å²) in [6.45, 7) is 6.30. The SMILES string of the molecule is CC(C)(C)c1ccc(C(=O)/C=C/c2ccc(O)c([N+](=O)[O-])c2)cc1. The summed E-state index contributed by atoms with van der Waals surface area (Å²) < 4.78 is 0. The average Bonchev–Trinajstić information content (AvgIpc) is 2.52. The monoisotopic (exact) mass is 325 g/mol. The Bertz CT molecular complexity index is 799. The highest BCUT2D eigenvalue weighted by atomic mass is 16.6. The molecule has 0 bridgehead atoms. The smallest absolute Gasteiger partial charge is 0.311 e. The number of nitro benzene ring substituents is 1. The summed E-state index contributed by atoms with van der Waals surface area (Å²) in [5, 5.41) is 20.2. The second-order valence-electron chi connectivity index (χ2n) is 6.53. The van der Waals surface area contributed by atoms with Crippen LogP contribution >= 0.6 is 0 Å². The van der Waals surface area contributed by atoms with Crippen LogP contribution in [-0.4, -0.2) is 15.8 Å². The molecule has 0 saturated carbocycles. The van der Waals surface area contributed by atoms with Gasteiger partial charge in [-0.2, -0.15) is 0 Å². The molecule has 124 valence electrons. The van der Waals surface area contributed by atoms with E-state index in [2.05, 4.69) is 20.8 Å². The third-order valence-corrected chi connectivity index (χ3v) is 3.66. The number of nitro groups is 1. The quantitative estimate of drug-likeness (QED) is 0.388. The van der Waals surface area contributed by atoms with Gasteiger partial charge in [-0.1, -0.05) is 57.2 Å². The van der Waals surface area contributed by atoms with E-state index in [4.69, 9.17) is 0 Å². The molecule has 5 nitrogen and oxygen atoms in total. The number of ketones is 1. The van der Waals surface area contributed by atoms with Crippen LogP contribution in [0, 0.1) is 10.1 Å². The number of aromatic hydroxyl groups is 1. The minimum Gasteiger partial charge on any atom is -0.502 e. The second-order valence-corrected chi connectivity index (χ2v) is 6.53. The highest BCUT2D eigenvalue weighted by Crippen LogP contribution is 2.27. The molecule has 2 rings (SSSR count). The van der Waals surface area contributed by atoms with Crippen LogP contribution in [0.1, 0.15) is 42.3 Å². The van der Waals surface area contributed by atoms with Gasteiger partial charge in [-0.3, -0.25) is 14.9 Å². The number of carbonyl (C=O) groups is 1. The Hall–Kier alpha value is -2.95. The minimum absolute atomic E-state index is 0.0163. The molecule has 0 radical (unpaired) electrons. The number of carbonyl (C=O) groups excluding carboxylic acids is 1. The topological polar surface area (TPSA) is 80.4 Å². The van der Waals surface area contributed by atoms with Crippen LogP contribution in [0.4, 0.5) is 5.69 Å².